The molecular weight excluding hydrogens is 356 g/mol. The fourth-order valence-corrected chi connectivity index (χ4v) is 4.06. The van der Waals surface area contributed by atoms with Gasteiger partial charge in [0.25, 0.3) is 0 Å². The maximum atomic E-state index is 12.7. The number of carbonyl (C=O) groups excluding carboxylic acids is 1. The molecule has 1 amide bonds. The van der Waals surface area contributed by atoms with Crippen molar-refractivity contribution >= 4 is 33.2 Å². The van der Waals surface area contributed by atoms with E-state index in [1.807, 2.05) is 0 Å². The third-order valence-electron chi connectivity index (χ3n) is 3.78. The summed E-state index contributed by atoms with van der Waals surface area (Å²) in [6, 6.07) is 3.73. The van der Waals surface area contributed by atoms with E-state index >= 15 is 0 Å². The maximum Gasteiger partial charge on any atom is 0.246 e. The average Bonchev–Trinajstić information content (AvgIpc) is 2.54. The van der Waals surface area contributed by atoms with Crippen molar-refractivity contribution in [3.05, 3.63) is 23.2 Å². The number of carbonyl (C=O) groups is 1. The summed E-state index contributed by atoms with van der Waals surface area (Å²) in [6.07, 6.45) is 1.06. The zero-order valence-electron chi connectivity index (χ0n) is 13.9. The van der Waals surface area contributed by atoms with Gasteiger partial charge in [-0.2, -0.15) is 0 Å². The first-order chi connectivity index (χ1) is 11.3. The van der Waals surface area contributed by atoms with E-state index in [0.29, 0.717) is 37.7 Å². The van der Waals surface area contributed by atoms with Crippen LogP contribution in [0.3, 0.4) is 0 Å². The molecule has 0 saturated carbocycles. The Morgan fingerprint density at radius 1 is 1.38 bits per heavy atom. The van der Waals surface area contributed by atoms with Gasteiger partial charge in [-0.3, -0.25) is 9.10 Å². The second-order valence-electron chi connectivity index (χ2n) is 5.49. The number of rotatable bonds is 5. The number of hydrogen-bond acceptors (Lipinski definition) is 5. The molecule has 0 radical (unpaired) electrons. The molecule has 0 N–H and O–H groups in total. The number of anilines is 1. The Morgan fingerprint density at radius 2 is 2.00 bits per heavy atom. The van der Waals surface area contributed by atoms with Gasteiger partial charge in [-0.05, 0) is 25.1 Å². The minimum absolute atomic E-state index is 0.268. The number of ether oxygens (including phenoxy) is 2. The van der Waals surface area contributed by atoms with Gasteiger partial charge in [0.05, 0.1) is 37.3 Å². The Hall–Kier alpha value is -1.51. The molecule has 1 atom stereocenters. The molecule has 0 spiro atoms. The molecule has 1 aliphatic heterocycles. The zero-order valence-corrected chi connectivity index (χ0v) is 15.4. The molecule has 7 nitrogen and oxygen atoms in total. The predicted molar refractivity (Wildman–Crippen MR) is 92.2 cm³/mol. The fourth-order valence-electron chi connectivity index (χ4n) is 2.64. The molecule has 1 aliphatic rings. The van der Waals surface area contributed by atoms with Gasteiger partial charge in [0.1, 0.15) is 11.8 Å². The van der Waals surface area contributed by atoms with Gasteiger partial charge in [0.2, 0.25) is 15.9 Å². The predicted octanol–water partition coefficient (Wildman–Crippen LogP) is 1.36. The van der Waals surface area contributed by atoms with E-state index in [0.717, 1.165) is 10.6 Å². The van der Waals surface area contributed by atoms with Crippen LogP contribution in [0.5, 0.6) is 5.75 Å². The number of morpholine rings is 1. The van der Waals surface area contributed by atoms with Crippen molar-refractivity contribution in [3.63, 3.8) is 0 Å². The Bertz CT molecular complexity index is 704. The lowest BCUT2D eigenvalue weighted by Crippen LogP contribution is -2.52. The molecule has 9 heteroatoms. The van der Waals surface area contributed by atoms with Crippen LogP contribution < -0.4 is 9.04 Å². The van der Waals surface area contributed by atoms with Gasteiger partial charge in [-0.25, -0.2) is 8.42 Å². The number of methoxy groups -OCH3 is 1. The summed E-state index contributed by atoms with van der Waals surface area (Å²) >= 11 is 6.10. The first-order valence-electron chi connectivity index (χ1n) is 7.45. The molecule has 1 heterocycles. The molecule has 1 aromatic carbocycles. The normalized spacial score (nSPS) is 16.6. The van der Waals surface area contributed by atoms with Crippen LogP contribution >= 0.6 is 11.6 Å². The third kappa shape index (κ3) is 4.12. The number of nitrogens with zero attached hydrogens (tertiary/aromatic N) is 2. The molecule has 1 fully saturated rings. The van der Waals surface area contributed by atoms with Crippen LogP contribution in [0, 0.1) is 0 Å². The van der Waals surface area contributed by atoms with Crippen LogP contribution in [0.1, 0.15) is 6.92 Å². The van der Waals surface area contributed by atoms with E-state index in [1.54, 1.807) is 24.0 Å². The van der Waals surface area contributed by atoms with E-state index in [9.17, 15) is 13.2 Å². The van der Waals surface area contributed by atoms with Gasteiger partial charge < -0.3 is 14.4 Å². The van der Waals surface area contributed by atoms with Crippen LogP contribution in [-0.2, 0) is 19.6 Å². The van der Waals surface area contributed by atoms with Crippen LogP contribution in [0.25, 0.3) is 0 Å². The van der Waals surface area contributed by atoms with Gasteiger partial charge in [0.15, 0.2) is 0 Å². The Balaban J connectivity index is 2.34. The molecule has 134 valence electrons. The van der Waals surface area contributed by atoms with Crippen molar-refractivity contribution < 1.29 is 22.7 Å². The minimum atomic E-state index is -3.68. The van der Waals surface area contributed by atoms with E-state index in [4.69, 9.17) is 21.1 Å². The van der Waals surface area contributed by atoms with Crippen LogP contribution in [0.2, 0.25) is 5.02 Å². The lowest BCUT2D eigenvalue weighted by molar-refractivity contribution is -0.136. The molecule has 1 saturated heterocycles. The van der Waals surface area contributed by atoms with Crippen molar-refractivity contribution in [2.75, 3.05) is 44.0 Å². The number of halogens is 1. The zero-order chi connectivity index (χ0) is 17.9. The number of amides is 1. The molecule has 0 aromatic heterocycles. The second-order valence-corrected chi connectivity index (χ2v) is 7.76. The SMILES string of the molecule is COc1ccc(N(C(C)C(=O)N2CCOCC2)S(C)(=O)=O)cc1Cl. The molecule has 0 aliphatic carbocycles. The maximum absolute atomic E-state index is 12.7. The van der Waals surface area contributed by atoms with E-state index < -0.39 is 16.1 Å². The second kappa shape index (κ2) is 7.58. The molecule has 2 rings (SSSR count). The molecular formula is C15H21ClN2O5S. The highest BCUT2D eigenvalue weighted by molar-refractivity contribution is 7.92. The molecule has 1 unspecified atom stereocenters. The minimum Gasteiger partial charge on any atom is -0.495 e. The Morgan fingerprint density at radius 3 is 2.50 bits per heavy atom. The van der Waals surface area contributed by atoms with Crippen molar-refractivity contribution in [1.29, 1.82) is 0 Å². The van der Waals surface area contributed by atoms with Crippen molar-refractivity contribution in [2.24, 2.45) is 0 Å². The Labute approximate surface area is 147 Å². The summed E-state index contributed by atoms with van der Waals surface area (Å²) in [5.41, 5.74) is 0.317. The van der Waals surface area contributed by atoms with Gasteiger partial charge >= 0.3 is 0 Å². The van der Waals surface area contributed by atoms with Gasteiger partial charge in [0, 0.05) is 13.1 Å². The summed E-state index contributed by atoms with van der Waals surface area (Å²) < 4.78 is 36.0. The first kappa shape index (κ1) is 18.8. The quantitative estimate of drug-likeness (QED) is 0.775. The fraction of sp³-hybridized carbons (Fsp3) is 0.533. The van der Waals surface area contributed by atoms with E-state index in [-0.39, 0.29) is 10.9 Å². The van der Waals surface area contributed by atoms with Gasteiger partial charge in [-0.1, -0.05) is 11.6 Å². The lowest BCUT2D eigenvalue weighted by atomic mass is 10.2. The van der Waals surface area contributed by atoms with Crippen LogP contribution in [0.15, 0.2) is 18.2 Å². The number of sulfonamides is 1. The largest absolute Gasteiger partial charge is 0.495 e. The van der Waals surface area contributed by atoms with E-state index in [2.05, 4.69) is 0 Å². The highest BCUT2D eigenvalue weighted by Crippen LogP contribution is 2.31. The van der Waals surface area contributed by atoms with E-state index in [1.165, 1.54) is 13.2 Å². The van der Waals surface area contributed by atoms with Crippen molar-refractivity contribution in [2.45, 2.75) is 13.0 Å². The summed E-state index contributed by atoms with van der Waals surface area (Å²) in [5, 5.41) is 0.273. The lowest BCUT2D eigenvalue weighted by Gasteiger charge is -2.34. The highest BCUT2D eigenvalue weighted by atomic mass is 35.5. The van der Waals surface area contributed by atoms with Crippen molar-refractivity contribution in [3.8, 4) is 5.75 Å². The summed E-state index contributed by atoms with van der Waals surface area (Å²) in [7, 11) is -2.21. The summed E-state index contributed by atoms with van der Waals surface area (Å²) in [6.45, 7) is 3.36. The van der Waals surface area contributed by atoms with Gasteiger partial charge in [-0.15, -0.1) is 0 Å². The third-order valence-corrected chi connectivity index (χ3v) is 5.32. The first-order valence-corrected chi connectivity index (χ1v) is 9.68. The number of benzene rings is 1. The van der Waals surface area contributed by atoms with Crippen LogP contribution in [-0.4, -0.2) is 64.9 Å². The smallest absolute Gasteiger partial charge is 0.246 e. The molecule has 0 bridgehead atoms. The standard InChI is InChI=1S/C15H21ClN2O5S/c1-11(15(19)17-6-8-23-9-7-17)18(24(3,20)21)12-4-5-14(22-2)13(16)10-12/h4-5,10-11H,6-9H2,1-3H3. The average molecular weight is 377 g/mol. The van der Waals surface area contributed by atoms with Crippen LogP contribution in [0.4, 0.5) is 5.69 Å². The summed E-state index contributed by atoms with van der Waals surface area (Å²) in [5.74, 6) is 0.164. The molecule has 1 aromatic rings. The number of hydrogen-bond donors (Lipinski definition) is 0. The monoisotopic (exact) mass is 376 g/mol. The highest BCUT2D eigenvalue weighted by Gasteiger charge is 2.32. The Kier molecular flexibility index (Phi) is 5.95. The van der Waals surface area contributed by atoms with Crippen molar-refractivity contribution in [1.82, 2.24) is 4.90 Å². The molecule has 24 heavy (non-hydrogen) atoms. The summed E-state index contributed by atoms with van der Waals surface area (Å²) in [4.78, 5) is 14.3. The topological polar surface area (TPSA) is 76.2 Å².